The van der Waals surface area contributed by atoms with Gasteiger partial charge in [0.25, 0.3) is 0 Å². The third-order valence-electron chi connectivity index (χ3n) is 20.8. The molecule has 0 spiro atoms. The smallest absolute Gasteiger partial charge is 0.0803 e. The van der Waals surface area contributed by atoms with Crippen LogP contribution in [0.2, 0.25) is 78.6 Å². The van der Waals surface area contributed by atoms with Gasteiger partial charge in [-0.1, -0.05) is 325 Å². The van der Waals surface area contributed by atoms with Crippen molar-refractivity contribution < 1.29 is 80.4 Å². The van der Waals surface area contributed by atoms with E-state index in [0.29, 0.717) is 5.92 Å². The topological polar surface area (TPSA) is 51.6 Å². The van der Waals surface area contributed by atoms with Crippen molar-refractivity contribution in [2.24, 2.45) is 0 Å². The Morgan fingerprint density at radius 1 is 0.280 bits per heavy atom. The van der Waals surface area contributed by atoms with Gasteiger partial charge < -0.3 is 19.9 Å². The molecule has 2 fully saturated rings. The first-order valence-corrected chi connectivity index (χ1v) is 51.4. The zero-order chi connectivity index (χ0) is 71.9. The molecule has 2 saturated carbocycles. The summed E-state index contributed by atoms with van der Waals surface area (Å²) in [7, 11) is -5.69. The number of aromatic nitrogens is 4. The van der Waals surface area contributed by atoms with Gasteiger partial charge in [0.05, 0.1) is 32.3 Å². The monoisotopic (exact) mass is 2180 g/mol. The van der Waals surface area contributed by atoms with Crippen LogP contribution in [0.5, 0.6) is 0 Å². The van der Waals surface area contributed by atoms with Crippen LogP contribution in [-0.2, 0) is 80.4 Å². The summed E-state index contributed by atoms with van der Waals surface area (Å²) in [5.74, 6) is 1.38. The Labute approximate surface area is 695 Å². The molecule has 0 aliphatic heterocycles. The third kappa shape index (κ3) is 20.9. The Morgan fingerprint density at radius 2 is 0.617 bits per heavy atom. The predicted molar refractivity (Wildman–Crippen MR) is 454 cm³/mol. The van der Waals surface area contributed by atoms with Crippen molar-refractivity contribution in [3.8, 4) is 67.3 Å². The number of hydrogen-bond donors (Lipinski definition) is 0. The maximum absolute atomic E-state index is 5.00. The fourth-order valence-electron chi connectivity index (χ4n) is 14.7. The summed E-state index contributed by atoms with van der Waals surface area (Å²) in [4.78, 5) is 19.6. The molecule has 2 aliphatic rings. The van der Waals surface area contributed by atoms with Crippen LogP contribution < -0.4 is 20.7 Å². The van der Waals surface area contributed by atoms with Crippen molar-refractivity contribution in [2.75, 3.05) is 0 Å². The summed E-state index contributed by atoms with van der Waals surface area (Å²) in [5, 5.41) is 15.7. The van der Waals surface area contributed by atoms with Crippen molar-refractivity contribution >= 4 is 96.1 Å². The normalized spacial score (nSPS) is 13.3. The van der Waals surface area contributed by atoms with Gasteiger partial charge in [0.1, 0.15) is 0 Å². The number of benzene rings is 10. The minimum atomic E-state index is -1.50. The first-order chi connectivity index (χ1) is 49.6. The maximum Gasteiger partial charge on any atom is 0.0803 e. The summed E-state index contributed by atoms with van der Waals surface area (Å²) in [6.07, 6.45) is 20.6. The molecule has 0 amide bonds. The van der Waals surface area contributed by atoms with Crippen molar-refractivity contribution in [2.45, 2.75) is 148 Å². The molecular weight excluding hydrogens is 2080 g/mol. The Balaban J connectivity index is 0.000000163. The Hall–Kier alpha value is -6.70. The zero-order valence-corrected chi connectivity index (χ0v) is 77.5. The van der Waals surface area contributed by atoms with Gasteiger partial charge in [0.2, 0.25) is 0 Å². The first kappa shape index (κ1) is 84.3. The molecule has 4 heterocycles. The zero-order valence-electron chi connectivity index (χ0n) is 63.9. The van der Waals surface area contributed by atoms with Crippen molar-refractivity contribution in [1.29, 1.82) is 0 Å². The molecule has 554 valence electrons. The first-order valence-electron chi connectivity index (χ1n) is 37.4. The second kappa shape index (κ2) is 37.3. The quantitative estimate of drug-likeness (QED) is 0.0903. The van der Waals surface area contributed by atoms with Crippen molar-refractivity contribution in [3.63, 3.8) is 0 Å². The van der Waals surface area contributed by atoms with E-state index in [0.717, 1.165) is 50.9 Å². The second-order valence-corrected chi connectivity index (χ2v) is 52.7. The van der Waals surface area contributed by atoms with E-state index >= 15 is 0 Å². The van der Waals surface area contributed by atoms with E-state index < -0.39 is 32.3 Å². The average Bonchev–Trinajstić information content (AvgIpc) is 1.69. The van der Waals surface area contributed by atoms with Gasteiger partial charge in [-0.2, -0.15) is 0 Å². The number of fused-ring (bicyclic) bond motifs is 4. The van der Waals surface area contributed by atoms with Crippen molar-refractivity contribution in [1.82, 2.24) is 19.9 Å². The van der Waals surface area contributed by atoms with E-state index in [4.69, 9.17) is 19.9 Å². The van der Waals surface area contributed by atoms with E-state index in [1.165, 1.54) is 144 Å². The molecule has 4 aromatic heterocycles. The van der Waals surface area contributed by atoms with Gasteiger partial charge in [0.15, 0.2) is 0 Å². The molecule has 12 heteroatoms. The molecule has 0 saturated heterocycles. The summed E-state index contributed by atoms with van der Waals surface area (Å²) >= 11 is 0. The molecule has 0 unspecified atom stereocenters. The largest absolute Gasteiger partial charge is 0.305 e. The average molecular weight is 2180 g/mol. The van der Waals surface area contributed by atoms with E-state index in [1.807, 2.05) is 0 Å². The van der Waals surface area contributed by atoms with Gasteiger partial charge in [-0.05, 0) is 103 Å². The summed E-state index contributed by atoms with van der Waals surface area (Å²) in [6.45, 7) is 28.7. The Morgan fingerprint density at radius 3 is 1.05 bits per heavy atom. The van der Waals surface area contributed by atoms with Crippen LogP contribution in [-0.4, -0.2) is 52.2 Å². The van der Waals surface area contributed by atoms with Crippen LogP contribution in [0.25, 0.3) is 110 Å². The molecule has 10 aromatic carbocycles. The molecule has 16 rings (SSSR count). The number of hydrogen-bond acceptors (Lipinski definition) is 4. The van der Waals surface area contributed by atoms with Gasteiger partial charge in [-0.15, -0.1) is 117 Å². The molecule has 4 nitrogen and oxygen atoms in total. The van der Waals surface area contributed by atoms with Crippen LogP contribution >= 0.6 is 0 Å². The Bertz CT molecular complexity index is 5290. The molecule has 14 aromatic rings. The summed E-state index contributed by atoms with van der Waals surface area (Å²) in [6, 6.07) is 95.5. The predicted octanol–water partition coefficient (Wildman–Crippen LogP) is 24.0. The molecule has 107 heavy (non-hydrogen) atoms. The molecule has 0 bridgehead atoms. The fourth-order valence-corrected chi connectivity index (χ4v) is 19.9. The van der Waals surface area contributed by atoms with Crippen LogP contribution in [0.3, 0.4) is 0 Å². The maximum atomic E-state index is 5.00. The second-order valence-electron chi connectivity index (χ2n) is 32.5. The Kier molecular flexibility index (Phi) is 29.4. The van der Waals surface area contributed by atoms with E-state index in [2.05, 4.69) is 358 Å². The number of pyridine rings is 4. The van der Waals surface area contributed by atoms with E-state index in [-0.39, 0.29) is 80.4 Å². The number of nitrogens with zero attached hydrogens (tertiary/aromatic N) is 4. The molecule has 2 aliphatic carbocycles. The summed E-state index contributed by atoms with van der Waals surface area (Å²) < 4.78 is 0. The molecule has 0 atom stereocenters. The van der Waals surface area contributed by atoms with Crippen LogP contribution in [0.4, 0.5) is 0 Å². The molecular formula is C95H98Ir4N4Si4-4. The van der Waals surface area contributed by atoms with Crippen LogP contribution in [0.1, 0.15) is 80.8 Å². The van der Waals surface area contributed by atoms with Gasteiger partial charge in [0, 0.05) is 105 Å². The number of rotatable bonds is 12. The van der Waals surface area contributed by atoms with Crippen LogP contribution in [0, 0.1) is 24.3 Å². The third-order valence-corrected chi connectivity index (χ3v) is 28.8. The van der Waals surface area contributed by atoms with E-state index in [9.17, 15) is 0 Å². The van der Waals surface area contributed by atoms with Crippen molar-refractivity contribution in [3.05, 3.63) is 291 Å². The standard InChI is InChI=1S/C24H22NSi.C24H28NSi.C24H22NSi.C23H26NSi.4Ir/c1-26(2,3)24-17-25-23(16-22(24)19-10-5-4-6-11-19)21-14-13-18-9-7-8-12-20(18)15-21;2*1-26(2,3)22-16-23(19-10-5-4-6-11-19)24(25-17-22)21-14-13-18-9-7-8-12-20(18)15-21;1-25(2,3)23-16-24-22(15-21(23)18-9-5-6-10-18)20-13-12-17-8-4-7-11-19(17)14-20;;;;/h4-13,15-17H,1-3H3;7-9,12-13,15-17,19H,4-6,10-11H2,1-3H3;4-13,15-17H,1-3H3;4,7-8,11-12,14-16,18H,5-6,9-10H2,1-3H3;;;;/q4*-1;;;;. The van der Waals surface area contributed by atoms with Gasteiger partial charge in [-0.3, -0.25) is 0 Å². The fraction of sp³-hybridized carbons (Fsp3) is 0.242. The van der Waals surface area contributed by atoms with E-state index in [1.54, 1.807) is 10.8 Å². The minimum absolute atomic E-state index is 0. The minimum Gasteiger partial charge on any atom is -0.305 e. The van der Waals surface area contributed by atoms with Gasteiger partial charge >= 0.3 is 0 Å². The molecule has 0 N–H and O–H groups in total. The van der Waals surface area contributed by atoms with Gasteiger partial charge in [-0.25, -0.2) is 0 Å². The SMILES string of the molecule is C[Si](C)(C)c1cnc(-c2[c-]cc3ccccc3c2)c(-c2ccccc2)c1.C[Si](C)(C)c1cnc(-c2[c-]cc3ccccc3c2)c(C2CCCCC2)c1.C[Si](C)(C)c1cnc(-c2[c-]cc3ccccc3c2)cc1-c1ccccc1.C[Si](C)(C)c1cnc(-c2[c-]cc3ccccc3c2)cc1C1CCCC1.[Ir].[Ir].[Ir].[Ir]. The van der Waals surface area contributed by atoms with Crippen LogP contribution in [0.15, 0.2) is 255 Å². The molecule has 4 radical (unpaired) electrons. The summed E-state index contributed by atoms with van der Waals surface area (Å²) in [5.41, 5.74) is 16.6.